The van der Waals surface area contributed by atoms with Crippen molar-refractivity contribution in [3.63, 3.8) is 0 Å². The molecule has 0 bridgehead atoms. The molecule has 0 saturated heterocycles. The molecule has 0 amide bonds. The highest BCUT2D eigenvalue weighted by atomic mass is 32.1. The zero-order valence-corrected chi connectivity index (χ0v) is 62.3. The van der Waals surface area contributed by atoms with E-state index in [1.165, 1.54) is 25.7 Å². The Kier molecular flexibility index (Phi) is 14.9. The Hall–Kier alpha value is -14.4. The van der Waals surface area contributed by atoms with Gasteiger partial charge in [-0.15, -0.1) is 34.0 Å². The van der Waals surface area contributed by atoms with Gasteiger partial charge in [-0.1, -0.05) is 267 Å². The Labute approximate surface area is 656 Å². The van der Waals surface area contributed by atoms with Gasteiger partial charge in [-0.25, -0.2) is 44.9 Å². The largest absolute Gasteiger partial charge is 0.452 e. The van der Waals surface area contributed by atoms with Gasteiger partial charge in [0.05, 0.1) is 11.4 Å². The molecular weight excluding hydrogens is 1440 g/mol. The number of fused-ring (bicyclic) bond motifs is 15. The van der Waals surface area contributed by atoms with Crippen LogP contribution in [-0.2, 0) is 0 Å². The highest BCUT2D eigenvalue weighted by molar-refractivity contribution is 7.27. The molecule has 0 N–H and O–H groups in total. The predicted octanol–water partition coefficient (Wildman–Crippen LogP) is 27.1. The summed E-state index contributed by atoms with van der Waals surface area (Å²) in [4.78, 5) is 48.3. The molecule has 526 valence electrons. The van der Waals surface area contributed by atoms with E-state index in [0.717, 1.165) is 163 Å². The van der Waals surface area contributed by atoms with Crippen molar-refractivity contribution in [2.45, 2.75) is 0 Å². The summed E-state index contributed by atoms with van der Waals surface area (Å²) in [6, 6.07) is 116. The summed E-state index contributed by atoms with van der Waals surface area (Å²) in [5.74, 6) is 3.58. The van der Waals surface area contributed by atoms with Crippen LogP contribution in [0.25, 0.3) is 240 Å². The van der Waals surface area contributed by atoms with Crippen molar-refractivity contribution < 1.29 is 8.83 Å². The molecule has 14 heteroatoms. The molecule has 9 heterocycles. The molecule has 0 radical (unpaired) electrons. The van der Waals surface area contributed by atoms with Crippen molar-refractivity contribution in [2.75, 3.05) is 0 Å². The van der Waals surface area contributed by atoms with E-state index in [2.05, 4.69) is 243 Å². The van der Waals surface area contributed by atoms with Crippen molar-refractivity contribution in [2.24, 2.45) is 0 Å². The summed E-state index contributed by atoms with van der Waals surface area (Å²) < 4.78 is 20.4. The first-order chi connectivity index (χ1) is 56.0. The molecule has 0 aliphatic rings. The molecule has 23 rings (SSSR count). The lowest BCUT2D eigenvalue weighted by Crippen LogP contribution is -2.00. The third kappa shape index (κ3) is 10.9. The topological polar surface area (TPSA) is 142 Å². The molecule has 0 spiro atoms. The lowest BCUT2D eigenvalue weighted by atomic mass is 9.97. The number of hydrogen-bond acceptors (Lipinski definition) is 14. The normalized spacial score (nSPS) is 11.9. The molecule has 0 unspecified atom stereocenters. The van der Waals surface area contributed by atoms with E-state index >= 15 is 0 Å². The third-order valence-corrected chi connectivity index (χ3v) is 25.0. The molecule has 14 aromatic carbocycles. The van der Waals surface area contributed by atoms with Crippen LogP contribution in [0.5, 0.6) is 0 Å². The minimum absolute atomic E-state index is 0.568. The van der Waals surface area contributed by atoms with Crippen LogP contribution < -0.4 is 0 Å². The van der Waals surface area contributed by atoms with Crippen LogP contribution in [-0.4, -0.2) is 44.9 Å². The Morgan fingerprint density at radius 3 is 1.17 bits per heavy atom. The molecule has 0 aliphatic heterocycles. The van der Waals surface area contributed by atoms with Gasteiger partial charge in [0.25, 0.3) is 0 Å². The molecule has 11 nitrogen and oxygen atoms in total. The number of benzene rings is 14. The maximum absolute atomic E-state index is 6.88. The summed E-state index contributed by atoms with van der Waals surface area (Å²) in [7, 11) is 0. The quantitative estimate of drug-likeness (QED) is 0.115. The average Bonchev–Trinajstić information content (AvgIpc) is 1.61. The van der Waals surface area contributed by atoms with E-state index < -0.39 is 0 Å². The lowest BCUT2D eigenvalue weighted by molar-refractivity contribution is 0.667. The first kappa shape index (κ1) is 64.6. The van der Waals surface area contributed by atoms with Gasteiger partial charge in [0.2, 0.25) is 0 Å². The van der Waals surface area contributed by atoms with Gasteiger partial charge in [0.15, 0.2) is 46.1 Å². The number of aromatic nitrogens is 9. The third-order valence-electron chi connectivity index (χ3n) is 21.4. The zero-order chi connectivity index (χ0) is 74.2. The highest BCUT2D eigenvalue weighted by Crippen LogP contribution is 2.50. The highest BCUT2D eigenvalue weighted by Gasteiger charge is 2.27. The minimum Gasteiger partial charge on any atom is -0.452 e. The van der Waals surface area contributed by atoms with Crippen LogP contribution in [0, 0.1) is 0 Å². The first-order valence-corrected chi connectivity index (χ1v) is 39.7. The molecular formula is C99H55N9O2S3. The Morgan fingerprint density at radius 2 is 0.566 bits per heavy atom. The SMILES string of the molecule is c1ccc(-c2nc(-c3cccc(-c4cccc(-c5nc(-c6cccc7c6sc6cccc(-c8nc(-c9ccccc9)nc(-c9cccc(-c%10cccc%11c%10sc%10ccccc%10%11)c9)n8)c67)c6oc7ccccc7c6n5)c4)c3)cc(-c3cccc4sc5c(-c6nc(-c7ccccc7)nc7c6oc6ccccc67)cccc5c34)n2)cc1. The second-order valence-corrected chi connectivity index (χ2v) is 31.3. The number of nitrogens with zero attached hydrogens (tertiary/aromatic N) is 9. The number of rotatable bonds is 12. The number of furan rings is 2. The summed E-state index contributed by atoms with van der Waals surface area (Å²) >= 11 is 5.30. The van der Waals surface area contributed by atoms with E-state index in [1.807, 2.05) is 102 Å². The fourth-order valence-electron chi connectivity index (χ4n) is 16.1. The van der Waals surface area contributed by atoms with Crippen molar-refractivity contribution in [1.29, 1.82) is 0 Å². The Balaban J connectivity index is 0.626. The summed E-state index contributed by atoms with van der Waals surface area (Å²) in [5.41, 5.74) is 20.8. The van der Waals surface area contributed by atoms with E-state index in [4.69, 9.17) is 53.7 Å². The molecule has 0 saturated carbocycles. The van der Waals surface area contributed by atoms with Gasteiger partial charge >= 0.3 is 0 Å². The number of thiophene rings is 3. The molecule has 23 aromatic rings. The van der Waals surface area contributed by atoms with E-state index in [9.17, 15) is 0 Å². The fourth-order valence-corrected chi connectivity index (χ4v) is 19.9. The smallest absolute Gasteiger partial charge is 0.180 e. The van der Waals surface area contributed by atoms with Gasteiger partial charge in [-0.05, 0) is 89.0 Å². The zero-order valence-electron chi connectivity index (χ0n) is 59.8. The van der Waals surface area contributed by atoms with Crippen LogP contribution in [0.2, 0.25) is 0 Å². The average molecular weight is 1500 g/mol. The number of para-hydroxylation sites is 2. The van der Waals surface area contributed by atoms with Crippen molar-refractivity contribution in [3.8, 4) is 136 Å². The van der Waals surface area contributed by atoms with Gasteiger partial charge < -0.3 is 8.83 Å². The van der Waals surface area contributed by atoms with Gasteiger partial charge in [0.1, 0.15) is 33.6 Å². The van der Waals surface area contributed by atoms with E-state index in [0.29, 0.717) is 51.8 Å². The maximum atomic E-state index is 6.88. The summed E-state index contributed by atoms with van der Waals surface area (Å²) in [6.45, 7) is 0. The van der Waals surface area contributed by atoms with E-state index in [-0.39, 0.29) is 0 Å². The summed E-state index contributed by atoms with van der Waals surface area (Å²) in [5, 5.41) is 8.65. The monoisotopic (exact) mass is 1500 g/mol. The Bertz CT molecular complexity index is 7840. The number of hydrogen-bond donors (Lipinski definition) is 0. The van der Waals surface area contributed by atoms with Crippen molar-refractivity contribution in [3.05, 3.63) is 334 Å². The maximum Gasteiger partial charge on any atom is 0.180 e. The molecule has 0 fully saturated rings. The van der Waals surface area contributed by atoms with Crippen LogP contribution in [0.4, 0.5) is 0 Å². The van der Waals surface area contributed by atoms with Crippen molar-refractivity contribution >= 4 is 139 Å². The summed E-state index contributed by atoms with van der Waals surface area (Å²) in [6.07, 6.45) is 0. The molecule has 9 aromatic heterocycles. The van der Waals surface area contributed by atoms with E-state index in [1.54, 1.807) is 22.7 Å². The minimum atomic E-state index is 0.568. The van der Waals surface area contributed by atoms with Gasteiger partial charge in [-0.2, -0.15) is 0 Å². The molecule has 0 atom stereocenters. The van der Waals surface area contributed by atoms with Crippen LogP contribution in [0.3, 0.4) is 0 Å². The fraction of sp³-hybridized carbons (Fsp3) is 0. The first-order valence-electron chi connectivity index (χ1n) is 37.3. The Morgan fingerprint density at radius 1 is 0.204 bits per heavy atom. The van der Waals surface area contributed by atoms with Gasteiger partial charge in [-0.3, -0.25) is 0 Å². The molecule has 113 heavy (non-hydrogen) atoms. The standard InChI is InChI=1S/C99H55N9O2S3/c1-4-24-56(25-5-1)94-100-76(55-77(101-94)68-41-22-50-81-83(68)71-42-20-45-74(92(71)112-81)87-89-85(69-37-10-13-47-78(69)109-89)102-95(104-87)57-26-6-2-7-27-57)62-33-16-30-59(52-62)60-31-17-34-63(53-60)97-103-86-70-38-11-14-48-79(70)110-90(86)88(105-97)75-46-21-43-72-84-73(44-23-51-82(84)113-93(72)75)99-107-96(58-28-8-3-9-29-58)106-98(108-99)64-35-18-32-61(54-64)65-39-19-40-67-66-36-12-15-49-80(66)111-91(65)67/h1-55H. The second kappa shape index (κ2) is 26.2. The van der Waals surface area contributed by atoms with Crippen molar-refractivity contribution in [1.82, 2.24) is 44.9 Å². The van der Waals surface area contributed by atoms with Crippen LogP contribution in [0.15, 0.2) is 342 Å². The second-order valence-electron chi connectivity index (χ2n) is 28.2. The lowest BCUT2D eigenvalue weighted by Gasteiger charge is -2.12. The predicted molar refractivity (Wildman–Crippen MR) is 465 cm³/mol. The van der Waals surface area contributed by atoms with Crippen LogP contribution >= 0.6 is 34.0 Å². The molecule has 0 aliphatic carbocycles. The van der Waals surface area contributed by atoms with Crippen LogP contribution in [0.1, 0.15) is 0 Å². The van der Waals surface area contributed by atoms with Gasteiger partial charge in [0, 0.05) is 127 Å².